The van der Waals surface area contributed by atoms with Crippen molar-refractivity contribution in [3.05, 3.63) is 47.5 Å². The second kappa shape index (κ2) is 4.68. The number of aromatic hydroxyl groups is 1. The van der Waals surface area contributed by atoms with Crippen molar-refractivity contribution in [1.29, 1.82) is 0 Å². The highest BCUT2D eigenvalue weighted by molar-refractivity contribution is 7.21. The number of rotatable bonds is 3. The highest BCUT2D eigenvalue weighted by Gasteiger charge is 2.18. The molecule has 0 aliphatic heterocycles. The van der Waals surface area contributed by atoms with E-state index in [1.165, 1.54) is 17.7 Å². The lowest BCUT2D eigenvalue weighted by Gasteiger charge is -2.01. The van der Waals surface area contributed by atoms with Crippen molar-refractivity contribution in [1.82, 2.24) is 9.55 Å². The van der Waals surface area contributed by atoms with E-state index in [1.54, 1.807) is 10.8 Å². The van der Waals surface area contributed by atoms with E-state index in [9.17, 15) is 9.90 Å². The van der Waals surface area contributed by atoms with Crippen molar-refractivity contribution < 1.29 is 9.90 Å². The van der Waals surface area contributed by atoms with E-state index >= 15 is 0 Å². The first-order valence-electron chi connectivity index (χ1n) is 5.56. The van der Waals surface area contributed by atoms with E-state index in [0.29, 0.717) is 10.7 Å². The molecule has 4 nitrogen and oxygen atoms in total. The first kappa shape index (κ1) is 12.2. The molecule has 0 saturated carbocycles. The van der Waals surface area contributed by atoms with E-state index in [4.69, 9.17) is 11.6 Å². The van der Waals surface area contributed by atoms with Crippen LogP contribution < -0.4 is 0 Å². The van der Waals surface area contributed by atoms with Gasteiger partial charge in [0.05, 0.1) is 18.4 Å². The molecule has 3 rings (SSSR count). The average Bonchev–Trinajstić information content (AvgIpc) is 2.91. The predicted octanol–water partition coefficient (Wildman–Crippen LogP) is 3.34. The molecule has 6 heteroatoms. The minimum absolute atomic E-state index is 0.0532. The number of aromatic nitrogens is 2. The largest absolute Gasteiger partial charge is 0.499 e. The fourth-order valence-electron chi connectivity index (χ4n) is 1.97. The lowest BCUT2D eigenvalue weighted by atomic mass is 10.1. The van der Waals surface area contributed by atoms with E-state index in [1.807, 2.05) is 24.3 Å². The van der Waals surface area contributed by atoms with Crippen LogP contribution in [0.25, 0.3) is 10.1 Å². The van der Waals surface area contributed by atoms with E-state index < -0.39 is 0 Å². The minimum atomic E-state index is -0.163. The number of hydrogen-bond acceptors (Lipinski definition) is 4. The Morgan fingerprint density at radius 1 is 1.42 bits per heavy atom. The van der Waals surface area contributed by atoms with E-state index in [0.717, 1.165) is 10.1 Å². The summed E-state index contributed by atoms with van der Waals surface area (Å²) in [6.45, 7) is 0.105. The summed E-state index contributed by atoms with van der Waals surface area (Å²) >= 11 is 6.91. The highest BCUT2D eigenvalue weighted by atomic mass is 35.5. The second-order valence-electron chi connectivity index (χ2n) is 4.07. The molecule has 0 saturated heterocycles. The number of carbonyl (C=O) groups excluding carboxylic acids is 1. The van der Waals surface area contributed by atoms with Gasteiger partial charge in [0.2, 0.25) is 0 Å². The third-order valence-corrected chi connectivity index (χ3v) is 3.95. The summed E-state index contributed by atoms with van der Waals surface area (Å²) in [5.41, 5.74) is 0.366. The van der Waals surface area contributed by atoms with Gasteiger partial charge in [-0.25, -0.2) is 4.98 Å². The van der Waals surface area contributed by atoms with Gasteiger partial charge in [0.1, 0.15) is 5.15 Å². The summed E-state index contributed by atoms with van der Waals surface area (Å²) in [5.74, 6) is -0.163. The van der Waals surface area contributed by atoms with Crippen LogP contribution in [0.3, 0.4) is 0 Å². The Bertz CT molecular complexity index is 763. The quantitative estimate of drug-likeness (QED) is 0.753. The van der Waals surface area contributed by atoms with Crippen molar-refractivity contribution in [2.75, 3.05) is 0 Å². The van der Waals surface area contributed by atoms with Gasteiger partial charge in [-0.15, -0.1) is 0 Å². The third-order valence-electron chi connectivity index (χ3n) is 2.78. The van der Waals surface area contributed by atoms with Crippen molar-refractivity contribution >= 4 is 38.8 Å². The van der Waals surface area contributed by atoms with Gasteiger partial charge in [-0.05, 0) is 6.07 Å². The van der Waals surface area contributed by atoms with Crippen LogP contribution in [0.5, 0.6) is 5.06 Å². The molecule has 0 unspecified atom stereocenters. The van der Waals surface area contributed by atoms with Crippen LogP contribution in [-0.2, 0) is 6.54 Å². The van der Waals surface area contributed by atoms with Crippen LogP contribution in [-0.4, -0.2) is 20.4 Å². The summed E-state index contributed by atoms with van der Waals surface area (Å²) in [7, 11) is 0. The van der Waals surface area contributed by atoms with Gasteiger partial charge in [-0.1, -0.05) is 41.1 Å². The molecule has 0 radical (unpaired) electrons. The molecule has 2 heterocycles. The number of nitrogens with zero attached hydrogens (tertiary/aromatic N) is 2. The Balaban J connectivity index is 1.99. The van der Waals surface area contributed by atoms with Crippen molar-refractivity contribution in [2.45, 2.75) is 6.54 Å². The van der Waals surface area contributed by atoms with Gasteiger partial charge in [-0.2, -0.15) is 0 Å². The second-order valence-corrected chi connectivity index (χ2v) is 5.49. The Kier molecular flexibility index (Phi) is 3.00. The van der Waals surface area contributed by atoms with Crippen LogP contribution >= 0.6 is 22.9 Å². The van der Waals surface area contributed by atoms with Crippen LogP contribution in [0, 0.1) is 0 Å². The summed E-state index contributed by atoms with van der Waals surface area (Å²) < 4.78 is 2.49. The number of hydrogen-bond donors (Lipinski definition) is 1. The molecule has 1 aromatic carbocycles. The lowest BCUT2D eigenvalue weighted by molar-refractivity contribution is 0.0972. The van der Waals surface area contributed by atoms with Gasteiger partial charge >= 0.3 is 0 Å². The minimum Gasteiger partial charge on any atom is -0.499 e. The zero-order valence-electron chi connectivity index (χ0n) is 9.71. The van der Waals surface area contributed by atoms with E-state index in [-0.39, 0.29) is 17.4 Å². The summed E-state index contributed by atoms with van der Waals surface area (Å²) in [6, 6.07) is 7.44. The summed E-state index contributed by atoms with van der Waals surface area (Å²) in [5, 5.41) is 11.1. The Morgan fingerprint density at radius 3 is 2.95 bits per heavy atom. The Hall–Kier alpha value is -1.85. The fraction of sp³-hybridized carbons (Fsp3) is 0.0769. The van der Waals surface area contributed by atoms with Gasteiger partial charge in [-0.3, -0.25) is 4.79 Å². The fourth-order valence-corrected chi connectivity index (χ4v) is 3.10. The number of benzene rings is 1. The maximum atomic E-state index is 12.3. The number of thiophene rings is 1. The van der Waals surface area contributed by atoms with Crippen LogP contribution in [0.1, 0.15) is 10.4 Å². The zero-order valence-corrected chi connectivity index (χ0v) is 11.3. The molecule has 3 aromatic rings. The van der Waals surface area contributed by atoms with Crippen molar-refractivity contribution in [2.24, 2.45) is 0 Å². The Morgan fingerprint density at radius 2 is 2.21 bits per heavy atom. The molecule has 2 aromatic heterocycles. The van der Waals surface area contributed by atoms with Crippen molar-refractivity contribution in [3.63, 3.8) is 0 Å². The van der Waals surface area contributed by atoms with Crippen molar-refractivity contribution in [3.8, 4) is 5.06 Å². The zero-order chi connectivity index (χ0) is 13.4. The third kappa shape index (κ3) is 2.22. The smallest absolute Gasteiger partial charge is 0.187 e. The number of halogens is 1. The molecule has 0 bridgehead atoms. The van der Waals surface area contributed by atoms with Gasteiger partial charge in [0, 0.05) is 16.3 Å². The van der Waals surface area contributed by atoms with Gasteiger partial charge in [0.15, 0.2) is 10.8 Å². The average molecular weight is 293 g/mol. The summed E-state index contributed by atoms with van der Waals surface area (Å²) in [4.78, 5) is 16.1. The number of Topliss-reactive ketones (excluding diaryl/α,β-unsaturated/α-hetero) is 1. The molecule has 0 aliphatic carbocycles. The molecule has 19 heavy (non-hydrogen) atoms. The maximum Gasteiger partial charge on any atom is 0.187 e. The molecule has 0 spiro atoms. The molecule has 0 aliphatic rings. The molecule has 0 atom stereocenters. The number of carbonyl (C=O) groups is 1. The molecule has 1 N–H and O–H groups in total. The number of imidazole rings is 1. The standard InChI is InChI=1S/C13H9ClN2O2S/c14-11-6-16(7-15-11)5-9(17)12-8-3-1-2-4-10(8)19-13(12)18/h1-4,6-7,18H,5H2. The molecule has 96 valence electrons. The van der Waals surface area contributed by atoms with Gasteiger partial charge < -0.3 is 9.67 Å². The predicted molar refractivity (Wildman–Crippen MR) is 75.1 cm³/mol. The van der Waals surface area contributed by atoms with Gasteiger partial charge in [0.25, 0.3) is 0 Å². The summed E-state index contributed by atoms with van der Waals surface area (Å²) in [6.07, 6.45) is 3.07. The van der Waals surface area contributed by atoms with E-state index in [2.05, 4.69) is 4.98 Å². The number of fused-ring (bicyclic) bond motifs is 1. The maximum absolute atomic E-state index is 12.3. The first-order valence-corrected chi connectivity index (χ1v) is 6.75. The normalized spacial score (nSPS) is 11.0. The Labute approximate surface area is 117 Å². The molecular weight excluding hydrogens is 284 g/mol. The van der Waals surface area contributed by atoms with Crippen LogP contribution in [0.4, 0.5) is 0 Å². The molecular formula is C13H9ClN2O2S. The lowest BCUT2D eigenvalue weighted by Crippen LogP contribution is -2.08. The first-order chi connectivity index (χ1) is 9.15. The monoisotopic (exact) mass is 292 g/mol. The topological polar surface area (TPSA) is 55.1 Å². The molecule has 0 fully saturated rings. The number of ketones is 1. The SMILES string of the molecule is O=C(Cn1cnc(Cl)c1)c1c(O)sc2ccccc12. The molecule has 0 amide bonds. The van der Waals surface area contributed by atoms with Crippen LogP contribution in [0.2, 0.25) is 5.15 Å². The highest BCUT2D eigenvalue weighted by Crippen LogP contribution is 2.36. The van der Waals surface area contributed by atoms with Crippen LogP contribution in [0.15, 0.2) is 36.8 Å².